The highest BCUT2D eigenvalue weighted by atomic mass is 32.2. The number of carbonyl (C=O) groups is 1. The van der Waals surface area contributed by atoms with Crippen molar-refractivity contribution in [3.63, 3.8) is 0 Å². The van der Waals surface area contributed by atoms with Crippen LogP contribution in [0.3, 0.4) is 0 Å². The normalized spacial score (nSPS) is 11.4. The fraction of sp³-hybridized carbons (Fsp3) is 0.118. The summed E-state index contributed by atoms with van der Waals surface area (Å²) in [4.78, 5) is 20.8. The van der Waals surface area contributed by atoms with Gasteiger partial charge in [0.15, 0.2) is 5.16 Å². The first kappa shape index (κ1) is 16.5. The van der Waals surface area contributed by atoms with E-state index >= 15 is 0 Å². The van der Waals surface area contributed by atoms with Gasteiger partial charge in [0.1, 0.15) is 15.5 Å². The van der Waals surface area contributed by atoms with Gasteiger partial charge in [0.2, 0.25) is 0 Å². The lowest BCUT2D eigenvalue weighted by Gasteiger charge is -2.01. The highest BCUT2D eigenvalue weighted by Gasteiger charge is 2.18. The molecule has 3 aromatic rings. The van der Waals surface area contributed by atoms with Crippen LogP contribution in [0.15, 0.2) is 41.6 Å². The van der Waals surface area contributed by atoms with E-state index in [0.29, 0.717) is 32.5 Å². The van der Waals surface area contributed by atoms with Crippen molar-refractivity contribution < 1.29 is 9.90 Å². The van der Waals surface area contributed by atoms with Crippen LogP contribution in [0.2, 0.25) is 0 Å². The summed E-state index contributed by atoms with van der Waals surface area (Å²) in [5.74, 6) is 0.0707. The Hall–Kier alpha value is -2.38. The second kappa shape index (κ2) is 7.02. The van der Waals surface area contributed by atoms with E-state index in [2.05, 4.69) is 9.97 Å². The maximum atomic E-state index is 11.2. The number of nitrogen functional groups attached to an aromatic ring is 1. The average Bonchev–Trinajstić information content (AvgIpc) is 2.90. The van der Waals surface area contributed by atoms with Gasteiger partial charge in [0, 0.05) is 5.75 Å². The first-order valence-corrected chi connectivity index (χ1v) is 9.00. The van der Waals surface area contributed by atoms with Crippen molar-refractivity contribution in [1.82, 2.24) is 9.97 Å². The molecule has 1 aromatic carbocycles. The lowest BCUT2D eigenvalue weighted by Crippen LogP contribution is -1.97. The number of benzene rings is 1. The largest absolute Gasteiger partial charge is 0.477 e. The number of fused-ring (bicyclic) bond motifs is 1. The van der Waals surface area contributed by atoms with Crippen LogP contribution in [-0.4, -0.2) is 26.8 Å². The quantitative estimate of drug-likeness (QED) is 0.528. The van der Waals surface area contributed by atoms with Crippen LogP contribution in [0.5, 0.6) is 0 Å². The van der Waals surface area contributed by atoms with Gasteiger partial charge in [-0.1, -0.05) is 54.2 Å². The maximum Gasteiger partial charge on any atom is 0.346 e. The predicted molar refractivity (Wildman–Crippen MR) is 99.7 cm³/mol. The van der Waals surface area contributed by atoms with E-state index in [-0.39, 0.29) is 4.88 Å². The van der Waals surface area contributed by atoms with Gasteiger partial charge in [0.25, 0.3) is 0 Å². The Morgan fingerprint density at radius 2 is 2.08 bits per heavy atom. The summed E-state index contributed by atoms with van der Waals surface area (Å²) in [6.07, 6.45) is 4.07. The molecule has 0 aliphatic rings. The first-order valence-electron chi connectivity index (χ1n) is 7.20. The Kier molecular flexibility index (Phi) is 4.82. The fourth-order valence-electron chi connectivity index (χ4n) is 2.29. The number of thioether (sulfide) groups is 1. The van der Waals surface area contributed by atoms with Gasteiger partial charge in [-0.15, -0.1) is 11.3 Å². The minimum atomic E-state index is -0.963. The molecular formula is C17H15N3O2S2. The number of nitrogens with two attached hydrogens (primary N) is 1. The molecule has 0 atom stereocenters. The number of anilines is 1. The maximum absolute atomic E-state index is 11.2. The number of carboxylic acid groups (broad SMARTS) is 1. The van der Waals surface area contributed by atoms with Crippen molar-refractivity contribution >= 4 is 51.2 Å². The number of nitrogens with zero attached hydrogens (tertiary/aromatic N) is 2. The number of carboxylic acids is 1. The molecule has 2 heterocycles. The van der Waals surface area contributed by atoms with Crippen LogP contribution < -0.4 is 5.73 Å². The standard InChI is InChI=1S/C17H15N3O2S2/c1-10-12-14(18)19-17(20-15(12)24-13(10)16(21)22)23-9-5-8-11-6-3-2-4-7-11/h2-8H,9H2,1H3,(H,21,22)(H2,18,19,20)/b8-5+. The highest BCUT2D eigenvalue weighted by molar-refractivity contribution is 7.99. The zero-order valence-corrected chi connectivity index (χ0v) is 14.5. The monoisotopic (exact) mass is 357 g/mol. The second-order valence-electron chi connectivity index (χ2n) is 5.06. The van der Waals surface area contributed by atoms with Crippen LogP contribution in [0.25, 0.3) is 16.3 Å². The minimum absolute atomic E-state index is 0.261. The third-order valence-corrected chi connectivity index (χ3v) is 5.38. The molecule has 0 saturated carbocycles. The molecule has 3 rings (SSSR count). The number of aromatic carboxylic acids is 1. The van der Waals surface area contributed by atoms with E-state index in [1.807, 2.05) is 42.5 Å². The van der Waals surface area contributed by atoms with E-state index in [1.165, 1.54) is 11.8 Å². The zero-order chi connectivity index (χ0) is 17.1. The fourth-order valence-corrected chi connectivity index (χ4v) is 4.03. The molecule has 0 fully saturated rings. The van der Waals surface area contributed by atoms with Gasteiger partial charge in [-0.3, -0.25) is 0 Å². The van der Waals surface area contributed by atoms with E-state index in [0.717, 1.165) is 16.9 Å². The molecule has 0 saturated heterocycles. The van der Waals surface area contributed by atoms with Crippen LogP contribution in [0.1, 0.15) is 20.8 Å². The molecule has 0 amide bonds. The molecule has 7 heteroatoms. The van der Waals surface area contributed by atoms with Crippen molar-refractivity contribution in [2.75, 3.05) is 11.5 Å². The van der Waals surface area contributed by atoms with Gasteiger partial charge in [-0.05, 0) is 18.1 Å². The average molecular weight is 357 g/mol. The van der Waals surface area contributed by atoms with Crippen molar-refractivity contribution in [3.8, 4) is 0 Å². The second-order valence-corrected chi connectivity index (χ2v) is 7.04. The molecule has 3 N–H and O–H groups in total. The third kappa shape index (κ3) is 3.42. The van der Waals surface area contributed by atoms with Crippen molar-refractivity contribution in [2.45, 2.75) is 12.1 Å². The molecule has 24 heavy (non-hydrogen) atoms. The van der Waals surface area contributed by atoms with Crippen molar-refractivity contribution in [1.29, 1.82) is 0 Å². The summed E-state index contributed by atoms with van der Waals surface area (Å²) in [6.45, 7) is 1.73. The van der Waals surface area contributed by atoms with Crippen molar-refractivity contribution in [2.24, 2.45) is 0 Å². The highest BCUT2D eigenvalue weighted by Crippen LogP contribution is 2.34. The summed E-state index contributed by atoms with van der Waals surface area (Å²) in [5.41, 5.74) is 7.76. The number of thiophene rings is 1. The summed E-state index contributed by atoms with van der Waals surface area (Å²) in [7, 11) is 0. The lowest BCUT2D eigenvalue weighted by atomic mass is 10.2. The van der Waals surface area contributed by atoms with Gasteiger partial charge in [-0.25, -0.2) is 14.8 Å². The van der Waals surface area contributed by atoms with Gasteiger partial charge < -0.3 is 10.8 Å². The Morgan fingerprint density at radius 3 is 2.79 bits per heavy atom. The Morgan fingerprint density at radius 1 is 1.33 bits per heavy atom. The summed E-state index contributed by atoms with van der Waals surface area (Å²) < 4.78 is 0. The molecule has 5 nitrogen and oxygen atoms in total. The molecule has 0 spiro atoms. The lowest BCUT2D eigenvalue weighted by molar-refractivity contribution is 0.0701. The molecule has 122 valence electrons. The third-order valence-electron chi connectivity index (χ3n) is 3.41. The van der Waals surface area contributed by atoms with Crippen LogP contribution in [-0.2, 0) is 0 Å². The molecule has 0 radical (unpaired) electrons. The smallest absolute Gasteiger partial charge is 0.346 e. The molecule has 0 bridgehead atoms. The van der Waals surface area contributed by atoms with Crippen LogP contribution in [0, 0.1) is 6.92 Å². The Balaban J connectivity index is 1.78. The molecule has 2 aromatic heterocycles. The summed E-state index contributed by atoms with van der Waals surface area (Å²) in [6, 6.07) is 10.0. The van der Waals surface area contributed by atoms with Crippen LogP contribution >= 0.6 is 23.1 Å². The van der Waals surface area contributed by atoms with E-state index in [1.54, 1.807) is 6.92 Å². The van der Waals surface area contributed by atoms with E-state index < -0.39 is 5.97 Å². The molecule has 0 unspecified atom stereocenters. The van der Waals surface area contributed by atoms with Gasteiger partial charge in [-0.2, -0.15) is 0 Å². The van der Waals surface area contributed by atoms with E-state index in [9.17, 15) is 9.90 Å². The Bertz CT molecular complexity index is 920. The van der Waals surface area contributed by atoms with Gasteiger partial charge >= 0.3 is 5.97 Å². The van der Waals surface area contributed by atoms with Crippen molar-refractivity contribution in [3.05, 3.63) is 52.4 Å². The number of aromatic nitrogens is 2. The topological polar surface area (TPSA) is 89.1 Å². The number of aryl methyl sites for hydroxylation is 1. The first-order chi connectivity index (χ1) is 11.6. The minimum Gasteiger partial charge on any atom is -0.477 e. The number of hydrogen-bond donors (Lipinski definition) is 2. The Labute approximate surface area is 147 Å². The zero-order valence-electron chi connectivity index (χ0n) is 12.9. The summed E-state index contributed by atoms with van der Waals surface area (Å²) >= 11 is 2.60. The SMILES string of the molecule is Cc1c(C(=O)O)sc2nc(SC/C=C/c3ccccc3)nc(N)c12. The molecule has 0 aliphatic carbocycles. The molecule has 0 aliphatic heterocycles. The predicted octanol–water partition coefficient (Wildman–Crippen LogP) is 4.09. The van der Waals surface area contributed by atoms with Gasteiger partial charge in [0.05, 0.1) is 5.39 Å². The van der Waals surface area contributed by atoms with Crippen LogP contribution in [0.4, 0.5) is 5.82 Å². The summed E-state index contributed by atoms with van der Waals surface area (Å²) in [5, 5.41) is 10.4. The van der Waals surface area contributed by atoms with E-state index in [4.69, 9.17) is 5.73 Å². The molecular weight excluding hydrogens is 342 g/mol. The number of hydrogen-bond acceptors (Lipinski definition) is 6. The number of rotatable bonds is 5.